The van der Waals surface area contributed by atoms with Crippen molar-refractivity contribution < 1.29 is 32.6 Å². The molecule has 3 heterocycles. The van der Waals surface area contributed by atoms with E-state index in [0.29, 0.717) is 16.7 Å². The average molecular weight is 452 g/mol. The van der Waals surface area contributed by atoms with E-state index in [-0.39, 0.29) is 29.5 Å². The first kappa shape index (κ1) is 23.5. The van der Waals surface area contributed by atoms with Gasteiger partial charge >= 0.3 is 6.18 Å². The van der Waals surface area contributed by atoms with Crippen LogP contribution in [-0.4, -0.2) is 50.7 Å². The van der Waals surface area contributed by atoms with Gasteiger partial charge in [0.25, 0.3) is 11.8 Å². The molecule has 0 radical (unpaired) electrons. The van der Waals surface area contributed by atoms with Gasteiger partial charge < -0.3 is 20.5 Å². The number of halogens is 3. The Kier molecular flexibility index (Phi) is 6.40. The van der Waals surface area contributed by atoms with Gasteiger partial charge in [-0.3, -0.25) is 14.6 Å². The number of alkyl halides is 3. The summed E-state index contributed by atoms with van der Waals surface area (Å²) in [7, 11) is 0. The molecule has 172 valence electrons. The summed E-state index contributed by atoms with van der Waals surface area (Å²) in [6.45, 7) is 3.37. The summed E-state index contributed by atoms with van der Waals surface area (Å²) >= 11 is 0. The SMILES string of the molecule is Cc1cc(C(C)N2C(=O)c3ccnc(C(N)=O)c3C2C[C@H](C)O)cnc1OCC(F)(F)F. The van der Waals surface area contributed by atoms with Crippen LogP contribution >= 0.6 is 0 Å². The monoisotopic (exact) mass is 452 g/mol. The van der Waals surface area contributed by atoms with Gasteiger partial charge in [0.05, 0.1) is 18.2 Å². The van der Waals surface area contributed by atoms with Gasteiger partial charge in [0, 0.05) is 29.1 Å². The molecule has 0 saturated heterocycles. The van der Waals surface area contributed by atoms with Crippen LogP contribution in [0.5, 0.6) is 5.88 Å². The number of amides is 2. The standard InChI is InChI=1S/C21H23F3N4O4/c1-10-6-13(8-27-19(10)32-9-21(22,23)24)12(3)28-15(7-11(2)29)16-14(20(28)31)4-5-26-17(16)18(25)30/h4-6,8,11-12,15,29H,7,9H2,1-3H3,(H2,25,30)/t11-,12?,15?/m0/s1. The molecule has 0 saturated carbocycles. The van der Waals surface area contributed by atoms with Crippen molar-refractivity contribution in [3.8, 4) is 5.88 Å². The van der Waals surface area contributed by atoms with Crippen LogP contribution in [0.25, 0.3) is 0 Å². The van der Waals surface area contributed by atoms with Gasteiger partial charge in [0.1, 0.15) is 5.69 Å². The normalized spacial score (nSPS) is 17.8. The van der Waals surface area contributed by atoms with Crippen LogP contribution in [0.3, 0.4) is 0 Å². The number of aliphatic hydroxyl groups is 1. The summed E-state index contributed by atoms with van der Waals surface area (Å²) in [5.74, 6) is -1.32. The molecule has 3 rings (SSSR count). The minimum atomic E-state index is -4.49. The largest absolute Gasteiger partial charge is 0.468 e. The van der Waals surface area contributed by atoms with Crippen molar-refractivity contribution >= 4 is 11.8 Å². The molecule has 1 aliphatic rings. The van der Waals surface area contributed by atoms with E-state index < -0.39 is 36.9 Å². The number of carbonyl (C=O) groups is 2. The van der Waals surface area contributed by atoms with Crippen molar-refractivity contribution in [2.75, 3.05) is 6.61 Å². The van der Waals surface area contributed by atoms with E-state index in [9.17, 15) is 27.9 Å². The Morgan fingerprint density at radius 3 is 2.59 bits per heavy atom. The Morgan fingerprint density at radius 2 is 2.03 bits per heavy atom. The molecule has 0 spiro atoms. The zero-order chi connectivity index (χ0) is 23.8. The van der Waals surface area contributed by atoms with Crippen LogP contribution < -0.4 is 10.5 Å². The second-order valence-electron chi connectivity index (χ2n) is 7.77. The van der Waals surface area contributed by atoms with Crippen LogP contribution in [0.4, 0.5) is 13.2 Å². The van der Waals surface area contributed by atoms with Gasteiger partial charge in [-0.05, 0) is 44.9 Å². The second kappa shape index (κ2) is 8.73. The number of carbonyl (C=O) groups excluding carboxylic acids is 2. The number of aliphatic hydroxyl groups excluding tert-OH is 1. The number of primary amides is 1. The van der Waals surface area contributed by atoms with Crippen molar-refractivity contribution in [2.24, 2.45) is 5.73 Å². The highest BCUT2D eigenvalue weighted by molar-refractivity contribution is 6.03. The predicted molar refractivity (Wildman–Crippen MR) is 107 cm³/mol. The molecule has 32 heavy (non-hydrogen) atoms. The van der Waals surface area contributed by atoms with Crippen LogP contribution in [0.2, 0.25) is 0 Å². The summed E-state index contributed by atoms with van der Waals surface area (Å²) < 4.78 is 42.1. The predicted octanol–water partition coefficient (Wildman–Crippen LogP) is 2.85. The van der Waals surface area contributed by atoms with Crippen molar-refractivity contribution in [1.29, 1.82) is 0 Å². The molecular formula is C21H23F3N4O4. The Labute approximate surface area is 182 Å². The zero-order valence-electron chi connectivity index (χ0n) is 17.7. The first-order valence-corrected chi connectivity index (χ1v) is 9.86. The van der Waals surface area contributed by atoms with E-state index in [1.54, 1.807) is 26.8 Å². The van der Waals surface area contributed by atoms with E-state index in [0.717, 1.165) is 0 Å². The second-order valence-corrected chi connectivity index (χ2v) is 7.77. The molecule has 0 fully saturated rings. The molecule has 1 aliphatic heterocycles. The Balaban J connectivity index is 1.97. The van der Waals surface area contributed by atoms with Gasteiger partial charge in [0.15, 0.2) is 6.61 Å². The maximum Gasteiger partial charge on any atom is 0.422 e. The molecule has 2 amide bonds. The average Bonchev–Trinajstić information content (AvgIpc) is 2.97. The lowest BCUT2D eigenvalue weighted by Gasteiger charge is -2.32. The van der Waals surface area contributed by atoms with Crippen molar-refractivity contribution in [3.05, 3.63) is 52.5 Å². The van der Waals surface area contributed by atoms with Gasteiger partial charge in [-0.2, -0.15) is 13.2 Å². The van der Waals surface area contributed by atoms with Gasteiger partial charge in [0.2, 0.25) is 5.88 Å². The Morgan fingerprint density at radius 1 is 1.34 bits per heavy atom. The number of nitrogens with two attached hydrogens (primary N) is 1. The fourth-order valence-electron chi connectivity index (χ4n) is 3.89. The van der Waals surface area contributed by atoms with Crippen molar-refractivity contribution in [3.63, 3.8) is 0 Å². The smallest absolute Gasteiger partial charge is 0.422 e. The van der Waals surface area contributed by atoms with Crippen LogP contribution in [0.15, 0.2) is 24.5 Å². The highest BCUT2D eigenvalue weighted by atomic mass is 19.4. The van der Waals surface area contributed by atoms with Crippen LogP contribution in [0, 0.1) is 6.92 Å². The molecule has 2 unspecified atom stereocenters. The molecule has 3 N–H and O–H groups in total. The lowest BCUT2D eigenvalue weighted by molar-refractivity contribution is -0.154. The van der Waals surface area contributed by atoms with Gasteiger partial charge in [-0.1, -0.05) is 0 Å². The number of hydrogen-bond acceptors (Lipinski definition) is 6. The van der Waals surface area contributed by atoms with Gasteiger partial charge in [-0.25, -0.2) is 4.98 Å². The van der Waals surface area contributed by atoms with E-state index >= 15 is 0 Å². The molecule has 11 heteroatoms. The Hall–Kier alpha value is -3.21. The van der Waals surface area contributed by atoms with E-state index in [1.165, 1.54) is 23.4 Å². The topological polar surface area (TPSA) is 119 Å². The van der Waals surface area contributed by atoms with Crippen molar-refractivity contribution in [2.45, 2.75) is 51.6 Å². The molecule has 0 aliphatic carbocycles. The maximum atomic E-state index is 13.2. The Bertz CT molecular complexity index is 1040. The molecule has 2 aromatic heterocycles. The summed E-state index contributed by atoms with van der Waals surface area (Å²) in [5.41, 5.74) is 6.95. The number of nitrogens with zero attached hydrogens (tertiary/aromatic N) is 3. The number of pyridine rings is 2. The first-order chi connectivity index (χ1) is 14.9. The zero-order valence-corrected chi connectivity index (χ0v) is 17.7. The number of rotatable bonds is 7. The number of aryl methyl sites for hydroxylation is 1. The summed E-state index contributed by atoms with van der Waals surface area (Å²) in [5, 5.41) is 10.0. The van der Waals surface area contributed by atoms with E-state index in [1.807, 2.05) is 0 Å². The highest BCUT2D eigenvalue weighted by Crippen LogP contribution is 2.43. The fraction of sp³-hybridized carbons (Fsp3) is 0.429. The third-order valence-corrected chi connectivity index (χ3v) is 5.25. The quantitative estimate of drug-likeness (QED) is 0.667. The lowest BCUT2D eigenvalue weighted by Crippen LogP contribution is -2.33. The molecule has 0 bridgehead atoms. The third kappa shape index (κ3) is 4.67. The summed E-state index contributed by atoms with van der Waals surface area (Å²) in [4.78, 5) is 34.7. The molecule has 8 nitrogen and oxygen atoms in total. The lowest BCUT2D eigenvalue weighted by atomic mass is 9.97. The molecule has 2 aromatic rings. The van der Waals surface area contributed by atoms with Crippen LogP contribution in [-0.2, 0) is 0 Å². The number of hydrogen-bond donors (Lipinski definition) is 2. The number of aromatic nitrogens is 2. The third-order valence-electron chi connectivity index (χ3n) is 5.25. The molecular weight excluding hydrogens is 429 g/mol. The van der Waals surface area contributed by atoms with E-state index in [2.05, 4.69) is 9.97 Å². The number of fused-ring (bicyclic) bond motifs is 1. The van der Waals surface area contributed by atoms with Crippen molar-refractivity contribution in [1.82, 2.24) is 14.9 Å². The number of ether oxygens (including phenoxy) is 1. The molecule has 0 aromatic carbocycles. The highest BCUT2D eigenvalue weighted by Gasteiger charge is 2.43. The maximum absolute atomic E-state index is 13.2. The fourth-order valence-corrected chi connectivity index (χ4v) is 3.89. The minimum absolute atomic E-state index is 0.0404. The van der Waals surface area contributed by atoms with E-state index in [4.69, 9.17) is 10.5 Å². The summed E-state index contributed by atoms with van der Waals surface area (Å²) in [6.07, 6.45) is -2.50. The van der Waals surface area contributed by atoms with Crippen LogP contribution in [0.1, 0.15) is 69.9 Å². The summed E-state index contributed by atoms with van der Waals surface area (Å²) in [6, 6.07) is 1.82. The minimum Gasteiger partial charge on any atom is -0.468 e. The molecule has 3 atom stereocenters. The van der Waals surface area contributed by atoms with Gasteiger partial charge in [-0.15, -0.1) is 0 Å². The first-order valence-electron chi connectivity index (χ1n) is 9.86.